The van der Waals surface area contributed by atoms with Crippen LogP contribution in [0.15, 0.2) is 36.5 Å². The van der Waals surface area contributed by atoms with Gasteiger partial charge in [0.25, 0.3) is 0 Å². The van der Waals surface area contributed by atoms with Crippen molar-refractivity contribution >= 4 is 17.5 Å². The van der Waals surface area contributed by atoms with E-state index in [0.717, 1.165) is 30.0 Å². The molecule has 4 rings (SSSR count). The van der Waals surface area contributed by atoms with Gasteiger partial charge in [-0.1, -0.05) is 6.07 Å². The lowest BCUT2D eigenvalue weighted by Crippen LogP contribution is -2.51. The number of rotatable bonds is 4. The van der Waals surface area contributed by atoms with Gasteiger partial charge in [-0.05, 0) is 36.8 Å². The summed E-state index contributed by atoms with van der Waals surface area (Å²) in [6.07, 6.45) is 1.48. The van der Waals surface area contributed by atoms with Gasteiger partial charge >= 0.3 is 6.09 Å². The van der Waals surface area contributed by atoms with E-state index in [1.165, 1.54) is 6.07 Å². The van der Waals surface area contributed by atoms with Gasteiger partial charge in [-0.25, -0.2) is 9.18 Å². The lowest BCUT2D eigenvalue weighted by Gasteiger charge is -2.35. The molecule has 2 saturated heterocycles. The third-order valence-corrected chi connectivity index (χ3v) is 4.83. The van der Waals surface area contributed by atoms with Gasteiger partial charge in [-0.3, -0.25) is 14.8 Å². The average molecular weight is 356 g/mol. The SMILES string of the molecule is Cc1ccc(Nc2cc(CN3CCN4C(=O)OC[C@@H]4C3)ccc2F)cn1. The largest absolute Gasteiger partial charge is 0.447 e. The molecule has 7 heteroatoms. The van der Waals surface area contributed by atoms with Crippen LogP contribution in [0.5, 0.6) is 0 Å². The maximum atomic E-state index is 14.2. The van der Waals surface area contributed by atoms with Crippen molar-refractivity contribution in [1.29, 1.82) is 0 Å². The van der Waals surface area contributed by atoms with Crippen LogP contribution in [0.3, 0.4) is 0 Å². The number of nitrogens with zero attached hydrogens (tertiary/aromatic N) is 3. The number of amides is 1. The van der Waals surface area contributed by atoms with Crippen molar-refractivity contribution in [3.05, 3.63) is 53.6 Å². The van der Waals surface area contributed by atoms with Crippen LogP contribution < -0.4 is 5.32 Å². The highest BCUT2D eigenvalue weighted by Gasteiger charge is 2.37. The van der Waals surface area contributed by atoms with Crippen molar-refractivity contribution in [1.82, 2.24) is 14.8 Å². The number of ether oxygens (including phenoxy) is 1. The first-order valence-electron chi connectivity index (χ1n) is 8.72. The summed E-state index contributed by atoms with van der Waals surface area (Å²) >= 11 is 0. The summed E-state index contributed by atoms with van der Waals surface area (Å²) in [5, 5.41) is 3.09. The van der Waals surface area contributed by atoms with Crippen molar-refractivity contribution in [2.24, 2.45) is 0 Å². The van der Waals surface area contributed by atoms with Gasteiger partial charge in [0.15, 0.2) is 0 Å². The lowest BCUT2D eigenvalue weighted by atomic mass is 10.1. The number of benzene rings is 1. The summed E-state index contributed by atoms with van der Waals surface area (Å²) in [5.41, 5.74) is 3.12. The molecule has 2 fully saturated rings. The number of halogens is 1. The number of aryl methyl sites for hydroxylation is 1. The van der Waals surface area contributed by atoms with Crippen LogP contribution in [0.1, 0.15) is 11.3 Å². The molecule has 0 saturated carbocycles. The van der Waals surface area contributed by atoms with E-state index in [1.54, 1.807) is 17.2 Å². The van der Waals surface area contributed by atoms with Crippen LogP contribution >= 0.6 is 0 Å². The van der Waals surface area contributed by atoms with E-state index >= 15 is 0 Å². The Morgan fingerprint density at radius 3 is 3.00 bits per heavy atom. The lowest BCUT2D eigenvalue weighted by molar-refractivity contribution is 0.115. The Labute approximate surface area is 151 Å². The van der Waals surface area contributed by atoms with Gasteiger partial charge in [0.05, 0.1) is 23.6 Å². The topological polar surface area (TPSA) is 57.7 Å². The minimum atomic E-state index is -0.297. The van der Waals surface area contributed by atoms with Gasteiger partial charge in [0.1, 0.15) is 12.4 Å². The van der Waals surface area contributed by atoms with E-state index < -0.39 is 0 Å². The Morgan fingerprint density at radius 1 is 1.31 bits per heavy atom. The van der Waals surface area contributed by atoms with Crippen LogP contribution in [-0.4, -0.2) is 53.2 Å². The molecule has 0 radical (unpaired) electrons. The number of carbonyl (C=O) groups excluding carboxylic acids is 1. The minimum absolute atomic E-state index is 0.118. The maximum absolute atomic E-state index is 14.2. The normalized spacial score (nSPS) is 20.0. The Hall–Kier alpha value is -2.67. The monoisotopic (exact) mass is 356 g/mol. The molecule has 6 nitrogen and oxygen atoms in total. The highest BCUT2D eigenvalue weighted by atomic mass is 19.1. The van der Waals surface area contributed by atoms with E-state index in [9.17, 15) is 9.18 Å². The first-order valence-corrected chi connectivity index (χ1v) is 8.72. The number of piperazine rings is 1. The smallest absolute Gasteiger partial charge is 0.410 e. The summed E-state index contributed by atoms with van der Waals surface area (Å²) < 4.78 is 19.3. The first-order chi connectivity index (χ1) is 12.6. The van der Waals surface area contributed by atoms with Crippen LogP contribution in [0.4, 0.5) is 20.6 Å². The molecule has 136 valence electrons. The summed E-state index contributed by atoms with van der Waals surface area (Å²) in [6, 6.07) is 9.00. The molecule has 2 aliphatic rings. The van der Waals surface area contributed by atoms with Crippen LogP contribution in [0, 0.1) is 12.7 Å². The molecule has 1 atom stereocenters. The molecular weight excluding hydrogens is 335 g/mol. The minimum Gasteiger partial charge on any atom is -0.447 e. The highest BCUT2D eigenvalue weighted by Crippen LogP contribution is 2.24. The molecular formula is C19H21FN4O2. The van der Waals surface area contributed by atoms with E-state index in [0.29, 0.717) is 25.4 Å². The average Bonchev–Trinajstić information content (AvgIpc) is 3.00. The van der Waals surface area contributed by atoms with E-state index in [4.69, 9.17) is 4.74 Å². The Balaban J connectivity index is 1.44. The molecule has 2 aromatic rings. The molecule has 3 heterocycles. The van der Waals surface area contributed by atoms with Gasteiger partial charge in [-0.2, -0.15) is 0 Å². The Bertz CT molecular complexity index is 812. The number of hydrogen-bond acceptors (Lipinski definition) is 5. The number of aromatic nitrogens is 1. The van der Waals surface area contributed by atoms with Crippen molar-refractivity contribution < 1.29 is 13.9 Å². The molecule has 0 aliphatic carbocycles. The first kappa shape index (κ1) is 16.8. The molecule has 2 aliphatic heterocycles. The van der Waals surface area contributed by atoms with E-state index in [-0.39, 0.29) is 18.0 Å². The molecule has 1 aromatic heterocycles. The van der Waals surface area contributed by atoms with Gasteiger partial charge < -0.3 is 10.1 Å². The summed E-state index contributed by atoms with van der Waals surface area (Å²) in [4.78, 5) is 19.9. The second-order valence-electron chi connectivity index (χ2n) is 6.79. The third kappa shape index (κ3) is 3.48. The van der Waals surface area contributed by atoms with Crippen molar-refractivity contribution in [2.75, 3.05) is 31.6 Å². The molecule has 1 amide bonds. The zero-order valence-corrected chi connectivity index (χ0v) is 14.6. The highest BCUT2D eigenvalue weighted by molar-refractivity contribution is 5.70. The van der Waals surface area contributed by atoms with Crippen molar-refractivity contribution in [2.45, 2.75) is 19.5 Å². The fourth-order valence-corrected chi connectivity index (χ4v) is 3.42. The van der Waals surface area contributed by atoms with Crippen LogP contribution in [0.2, 0.25) is 0 Å². The Kier molecular flexibility index (Phi) is 4.46. The number of anilines is 2. The molecule has 1 aromatic carbocycles. The quantitative estimate of drug-likeness (QED) is 0.913. The zero-order chi connectivity index (χ0) is 18.1. The number of fused-ring (bicyclic) bond motifs is 1. The molecule has 26 heavy (non-hydrogen) atoms. The zero-order valence-electron chi connectivity index (χ0n) is 14.6. The summed E-state index contributed by atoms with van der Waals surface area (Å²) in [5.74, 6) is -0.297. The van der Waals surface area contributed by atoms with Gasteiger partial charge in [0.2, 0.25) is 0 Å². The number of nitrogens with one attached hydrogen (secondary N) is 1. The molecule has 1 N–H and O–H groups in total. The van der Waals surface area contributed by atoms with Crippen LogP contribution in [-0.2, 0) is 11.3 Å². The predicted octanol–water partition coefficient (Wildman–Crippen LogP) is 2.91. The number of hydrogen-bond donors (Lipinski definition) is 1. The third-order valence-electron chi connectivity index (χ3n) is 4.83. The fourth-order valence-electron chi connectivity index (χ4n) is 3.42. The molecule has 0 bridgehead atoms. The molecule has 0 unspecified atom stereocenters. The second-order valence-corrected chi connectivity index (χ2v) is 6.79. The van der Waals surface area contributed by atoms with Crippen molar-refractivity contribution in [3.63, 3.8) is 0 Å². The second kappa shape index (κ2) is 6.92. The number of cyclic esters (lactones) is 1. The Morgan fingerprint density at radius 2 is 2.19 bits per heavy atom. The van der Waals surface area contributed by atoms with Crippen molar-refractivity contribution in [3.8, 4) is 0 Å². The van der Waals surface area contributed by atoms with Gasteiger partial charge in [-0.15, -0.1) is 0 Å². The standard InChI is InChI=1S/C19H21FN4O2/c1-13-2-4-15(9-21-13)22-18-8-14(3-5-17(18)20)10-23-6-7-24-16(11-23)12-26-19(24)25/h2-5,8-9,16,22H,6-7,10-12H2,1H3/t16-/m0/s1. The number of carbonyl (C=O) groups is 1. The maximum Gasteiger partial charge on any atom is 0.410 e. The van der Waals surface area contributed by atoms with Crippen LogP contribution in [0.25, 0.3) is 0 Å². The van der Waals surface area contributed by atoms with Gasteiger partial charge in [0, 0.05) is 31.9 Å². The summed E-state index contributed by atoms with van der Waals surface area (Å²) in [7, 11) is 0. The summed E-state index contributed by atoms with van der Waals surface area (Å²) in [6.45, 7) is 5.30. The fraction of sp³-hybridized carbons (Fsp3) is 0.368. The van der Waals surface area contributed by atoms with E-state index in [2.05, 4.69) is 15.2 Å². The molecule has 0 spiro atoms. The van der Waals surface area contributed by atoms with E-state index in [1.807, 2.05) is 25.1 Å². The predicted molar refractivity (Wildman–Crippen MR) is 95.8 cm³/mol. The number of pyridine rings is 1.